The Morgan fingerprint density at radius 1 is 1.47 bits per heavy atom. The van der Waals surface area contributed by atoms with Gasteiger partial charge in [0.2, 0.25) is 0 Å². The first-order chi connectivity index (χ1) is 7.36. The van der Waals surface area contributed by atoms with Crippen LogP contribution in [0.4, 0.5) is 0 Å². The van der Waals surface area contributed by atoms with E-state index in [9.17, 15) is 0 Å². The van der Waals surface area contributed by atoms with Gasteiger partial charge in [-0.2, -0.15) is 11.8 Å². The summed E-state index contributed by atoms with van der Waals surface area (Å²) in [5.74, 6) is 7.66. The fourth-order valence-corrected chi connectivity index (χ4v) is 1.31. The maximum Gasteiger partial charge on any atom is 0.120 e. The van der Waals surface area contributed by atoms with Crippen LogP contribution in [0.5, 0.6) is 5.75 Å². The van der Waals surface area contributed by atoms with Gasteiger partial charge in [0.15, 0.2) is 0 Å². The van der Waals surface area contributed by atoms with Crippen LogP contribution in [0.1, 0.15) is 5.56 Å². The lowest BCUT2D eigenvalue weighted by atomic mass is 10.2. The van der Waals surface area contributed by atoms with Crippen LogP contribution in [0.15, 0.2) is 24.3 Å². The predicted molar refractivity (Wildman–Crippen MR) is 66.3 cm³/mol. The van der Waals surface area contributed by atoms with E-state index in [1.165, 1.54) is 0 Å². The summed E-state index contributed by atoms with van der Waals surface area (Å²) in [7, 11) is 0. The minimum atomic E-state index is 0.386. The van der Waals surface area contributed by atoms with Crippen molar-refractivity contribution in [2.24, 2.45) is 5.73 Å². The molecule has 2 N–H and O–H groups in total. The van der Waals surface area contributed by atoms with E-state index in [-0.39, 0.29) is 0 Å². The predicted octanol–water partition coefficient (Wildman–Crippen LogP) is 1.74. The van der Waals surface area contributed by atoms with Crippen molar-refractivity contribution in [2.45, 2.75) is 0 Å². The number of nitrogens with two attached hydrogens (primary N) is 1. The van der Waals surface area contributed by atoms with Gasteiger partial charge in [-0.25, -0.2) is 0 Å². The molecule has 0 aromatic heterocycles. The molecular weight excluding hydrogens is 206 g/mol. The largest absolute Gasteiger partial charge is 0.493 e. The molecule has 0 spiro atoms. The van der Waals surface area contributed by atoms with Gasteiger partial charge in [-0.05, 0) is 24.5 Å². The molecule has 0 aliphatic heterocycles. The molecule has 0 fully saturated rings. The molecule has 1 rings (SSSR count). The summed E-state index contributed by atoms with van der Waals surface area (Å²) in [4.78, 5) is 0. The maximum atomic E-state index is 5.55. The monoisotopic (exact) mass is 221 g/mol. The van der Waals surface area contributed by atoms with E-state index in [4.69, 9.17) is 10.5 Å². The van der Waals surface area contributed by atoms with E-state index < -0.39 is 0 Å². The molecule has 0 aliphatic carbocycles. The van der Waals surface area contributed by atoms with Crippen molar-refractivity contribution in [2.75, 3.05) is 25.2 Å². The normalized spacial score (nSPS) is 9.20. The topological polar surface area (TPSA) is 35.2 Å². The molecule has 0 aliphatic rings. The van der Waals surface area contributed by atoms with E-state index in [0.717, 1.165) is 23.7 Å². The standard InChI is InChI=1S/C12H15NOS/c1-15-9-8-14-12-6-2-4-11(10-12)5-3-7-13/h2,4,6,10H,7-9,13H2,1H3. The maximum absolute atomic E-state index is 5.55. The van der Waals surface area contributed by atoms with Gasteiger partial charge < -0.3 is 10.5 Å². The number of hydrogen-bond donors (Lipinski definition) is 1. The number of benzene rings is 1. The molecule has 15 heavy (non-hydrogen) atoms. The number of ether oxygens (including phenoxy) is 1. The average Bonchev–Trinajstić information content (AvgIpc) is 2.27. The van der Waals surface area contributed by atoms with Crippen LogP contribution in [0.25, 0.3) is 0 Å². The Labute approximate surface area is 95.2 Å². The molecule has 0 radical (unpaired) electrons. The second kappa shape index (κ2) is 7.22. The Morgan fingerprint density at radius 3 is 3.07 bits per heavy atom. The van der Waals surface area contributed by atoms with Gasteiger partial charge in [-0.3, -0.25) is 0 Å². The van der Waals surface area contributed by atoms with Gasteiger partial charge >= 0.3 is 0 Å². The molecule has 1 aromatic carbocycles. The summed E-state index contributed by atoms with van der Waals surface area (Å²) in [5, 5.41) is 0. The second-order valence-corrected chi connectivity index (χ2v) is 3.86. The third-order valence-electron chi connectivity index (χ3n) is 1.73. The second-order valence-electron chi connectivity index (χ2n) is 2.87. The van der Waals surface area contributed by atoms with Crippen LogP contribution in [0.3, 0.4) is 0 Å². The molecule has 0 bridgehead atoms. The Kier molecular flexibility index (Phi) is 5.76. The van der Waals surface area contributed by atoms with Crippen LogP contribution in [0, 0.1) is 11.8 Å². The lowest BCUT2D eigenvalue weighted by molar-refractivity contribution is 0.344. The number of hydrogen-bond acceptors (Lipinski definition) is 3. The summed E-state index contributed by atoms with van der Waals surface area (Å²) >= 11 is 1.77. The molecule has 0 unspecified atom stereocenters. The van der Waals surface area contributed by atoms with Crippen LogP contribution in [-0.4, -0.2) is 25.2 Å². The highest BCUT2D eigenvalue weighted by atomic mass is 32.2. The zero-order chi connectivity index (χ0) is 10.9. The Morgan fingerprint density at radius 2 is 2.33 bits per heavy atom. The molecular formula is C12H15NOS. The quantitative estimate of drug-likeness (QED) is 0.621. The van der Waals surface area contributed by atoms with E-state index in [2.05, 4.69) is 18.1 Å². The minimum absolute atomic E-state index is 0.386. The average molecular weight is 221 g/mol. The zero-order valence-electron chi connectivity index (χ0n) is 8.82. The first-order valence-electron chi connectivity index (χ1n) is 4.77. The third kappa shape index (κ3) is 4.78. The summed E-state index contributed by atoms with van der Waals surface area (Å²) in [6, 6.07) is 7.76. The van der Waals surface area contributed by atoms with Crippen molar-refractivity contribution >= 4 is 11.8 Å². The van der Waals surface area contributed by atoms with Crippen molar-refractivity contribution in [3.05, 3.63) is 29.8 Å². The van der Waals surface area contributed by atoms with Gasteiger partial charge in [0.25, 0.3) is 0 Å². The van der Waals surface area contributed by atoms with E-state index in [1.54, 1.807) is 11.8 Å². The van der Waals surface area contributed by atoms with Crippen LogP contribution in [0.2, 0.25) is 0 Å². The lowest BCUT2D eigenvalue weighted by Crippen LogP contribution is -1.99. The molecule has 0 saturated heterocycles. The highest BCUT2D eigenvalue weighted by Crippen LogP contribution is 2.12. The molecule has 0 atom stereocenters. The van der Waals surface area contributed by atoms with Crippen molar-refractivity contribution in [1.29, 1.82) is 0 Å². The van der Waals surface area contributed by atoms with Gasteiger partial charge in [-0.15, -0.1) is 0 Å². The van der Waals surface area contributed by atoms with Crippen molar-refractivity contribution in [1.82, 2.24) is 0 Å². The highest BCUT2D eigenvalue weighted by Gasteiger charge is 1.94. The van der Waals surface area contributed by atoms with Crippen molar-refractivity contribution in [3.8, 4) is 17.6 Å². The zero-order valence-corrected chi connectivity index (χ0v) is 9.64. The summed E-state index contributed by atoms with van der Waals surface area (Å²) < 4.78 is 5.55. The fraction of sp³-hybridized carbons (Fsp3) is 0.333. The molecule has 0 saturated carbocycles. The first kappa shape index (κ1) is 12.0. The Hall–Kier alpha value is -1.11. The van der Waals surface area contributed by atoms with Crippen molar-refractivity contribution in [3.63, 3.8) is 0 Å². The molecule has 0 amide bonds. The van der Waals surface area contributed by atoms with Gasteiger partial charge in [0.05, 0.1) is 13.2 Å². The summed E-state index contributed by atoms with van der Waals surface area (Å²) in [6.45, 7) is 1.12. The smallest absolute Gasteiger partial charge is 0.120 e. The van der Waals surface area contributed by atoms with Crippen LogP contribution < -0.4 is 10.5 Å². The lowest BCUT2D eigenvalue weighted by Gasteiger charge is -2.04. The molecule has 80 valence electrons. The van der Waals surface area contributed by atoms with E-state index >= 15 is 0 Å². The SMILES string of the molecule is CSCCOc1cccc(C#CCN)c1. The third-order valence-corrected chi connectivity index (χ3v) is 2.30. The number of rotatable bonds is 4. The molecule has 2 nitrogen and oxygen atoms in total. The van der Waals surface area contributed by atoms with Crippen LogP contribution >= 0.6 is 11.8 Å². The molecule has 3 heteroatoms. The minimum Gasteiger partial charge on any atom is -0.493 e. The Balaban J connectivity index is 2.57. The van der Waals surface area contributed by atoms with E-state index in [1.807, 2.05) is 24.3 Å². The summed E-state index contributed by atoms with van der Waals surface area (Å²) in [6.07, 6.45) is 2.06. The molecule has 0 heterocycles. The fourth-order valence-electron chi connectivity index (χ4n) is 1.06. The van der Waals surface area contributed by atoms with Gasteiger partial charge in [0, 0.05) is 11.3 Å². The number of thioether (sulfide) groups is 1. The Bertz CT molecular complexity index is 354. The van der Waals surface area contributed by atoms with E-state index in [0.29, 0.717) is 6.54 Å². The first-order valence-corrected chi connectivity index (χ1v) is 6.17. The van der Waals surface area contributed by atoms with Gasteiger partial charge in [0.1, 0.15) is 5.75 Å². The van der Waals surface area contributed by atoms with Crippen molar-refractivity contribution < 1.29 is 4.74 Å². The van der Waals surface area contributed by atoms with Crippen LogP contribution in [-0.2, 0) is 0 Å². The molecule has 1 aromatic rings. The van der Waals surface area contributed by atoms with Gasteiger partial charge in [-0.1, -0.05) is 17.9 Å². The highest BCUT2D eigenvalue weighted by molar-refractivity contribution is 7.98. The summed E-state index contributed by atoms with van der Waals surface area (Å²) in [5.41, 5.74) is 6.25.